The Bertz CT molecular complexity index is 598. The summed E-state index contributed by atoms with van der Waals surface area (Å²) in [5.41, 5.74) is 5.55. The molecule has 1 heterocycles. The summed E-state index contributed by atoms with van der Waals surface area (Å²) in [6.07, 6.45) is 0. The van der Waals surface area contributed by atoms with Crippen molar-refractivity contribution in [3.63, 3.8) is 0 Å². The van der Waals surface area contributed by atoms with Gasteiger partial charge in [0.1, 0.15) is 10.8 Å². The number of anilines is 1. The highest BCUT2D eigenvalue weighted by Crippen LogP contribution is 2.34. The van der Waals surface area contributed by atoms with Crippen LogP contribution in [-0.4, -0.2) is 17.5 Å². The lowest BCUT2D eigenvalue weighted by Gasteiger charge is -2.06. The third-order valence-electron chi connectivity index (χ3n) is 2.41. The summed E-state index contributed by atoms with van der Waals surface area (Å²) in [5, 5.41) is 3.40. The van der Waals surface area contributed by atoms with Crippen LogP contribution in [0.4, 0.5) is 9.39 Å². The van der Waals surface area contributed by atoms with E-state index in [1.165, 1.54) is 41.7 Å². The minimum atomic E-state index is -1.46. The number of nitrogens with two attached hydrogens (primary N) is 1. The molecule has 2 aromatic rings. The molecule has 19 heavy (non-hydrogen) atoms. The molecule has 1 atom stereocenters. The largest absolute Gasteiger partial charge is 0.606 e. The van der Waals surface area contributed by atoms with Crippen LogP contribution in [0, 0.1) is 5.82 Å². The first-order valence-electron chi connectivity index (χ1n) is 5.31. The topological polar surface area (TPSA) is 78.2 Å². The molecule has 3 N–H and O–H groups in total. The van der Waals surface area contributed by atoms with E-state index < -0.39 is 17.1 Å². The van der Waals surface area contributed by atoms with E-state index in [2.05, 4.69) is 5.32 Å². The summed E-state index contributed by atoms with van der Waals surface area (Å²) >= 11 is -0.269. The van der Waals surface area contributed by atoms with Crippen molar-refractivity contribution in [2.45, 2.75) is 9.10 Å². The second kappa shape index (κ2) is 5.60. The number of nitrogens with one attached hydrogen (secondary N) is 1. The van der Waals surface area contributed by atoms with E-state index in [4.69, 9.17) is 5.73 Å². The van der Waals surface area contributed by atoms with E-state index in [-0.39, 0.29) is 5.82 Å². The predicted molar refractivity (Wildman–Crippen MR) is 73.5 cm³/mol. The Morgan fingerprint density at radius 3 is 2.53 bits per heavy atom. The fourth-order valence-corrected chi connectivity index (χ4v) is 3.93. The van der Waals surface area contributed by atoms with Gasteiger partial charge in [-0.25, -0.2) is 4.39 Å². The lowest BCUT2D eigenvalue weighted by atomic mass is 10.3. The number of thiophene rings is 1. The van der Waals surface area contributed by atoms with Crippen molar-refractivity contribution < 1.29 is 13.7 Å². The van der Waals surface area contributed by atoms with Crippen molar-refractivity contribution in [1.82, 2.24) is 0 Å². The van der Waals surface area contributed by atoms with Crippen molar-refractivity contribution in [1.29, 1.82) is 0 Å². The standard InChI is InChI=1S/C12H11FN2O2S2/c1-15-12-9(11(14)16)6-10(18-12)19(17)8-4-2-7(13)3-5-8/h2-6,15H,1H3,(H2,14,16). The van der Waals surface area contributed by atoms with Gasteiger partial charge in [0.05, 0.1) is 5.56 Å². The first-order chi connectivity index (χ1) is 9.02. The summed E-state index contributed by atoms with van der Waals surface area (Å²) in [6.45, 7) is 0. The van der Waals surface area contributed by atoms with Crippen molar-refractivity contribution in [2.75, 3.05) is 12.4 Å². The van der Waals surface area contributed by atoms with Gasteiger partial charge in [-0.05, 0) is 24.3 Å². The number of benzene rings is 1. The van der Waals surface area contributed by atoms with Gasteiger partial charge >= 0.3 is 0 Å². The summed E-state index contributed by atoms with van der Waals surface area (Å²) in [6, 6.07) is 6.89. The van der Waals surface area contributed by atoms with Crippen LogP contribution in [0.3, 0.4) is 0 Å². The Kier molecular flexibility index (Phi) is 4.08. The molecule has 4 nitrogen and oxygen atoms in total. The monoisotopic (exact) mass is 298 g/mol. The molecule has 0 fully saturated rings. The number of halogens is 1. The predicted octanol–water partition coefficient (Wildman–Crippen LogP) is 2.19. The lowest BCUT2D eigenvalue weighted by molar-refractivity contribution is 0.100. The molecule has 1 amide bonds. The quantitative estimate of drug-likeness (QED) is 0.849. The van der Waals surface area contributed by atoms with Crippen LogP contribution in [0.15, 0.2) is 39.4 Å². The molecule has 0 spiro atoms. The average Bonchev–Trinajstić information content (AvgIpc) is 2.83. The second-order valence-corrected chi connectivity index (χ2v) is 6.40. The number of primary amides is 1. The maximum absolute atomic E-state index is 12.8. The van der Waals surface area contributed by atoms with E-state index in [0.29, 0.717) is 19.7 Å². The van der Waals surface area contributed by atoms with Gasteiger partial charge in [-0.2, -0.15) is 0 Å². The number of carbonyl (C=O) groups is 1. The van der Waals surface area contributed by atoms with E-state index >= 15 is 0 Å². The number of amides is 1. The maximum Gasteiger partial charge on any atom is 0.251 e. The SMILES string of the molecule is CNc1sc([S+]([O-])c2ccc(F)cc2)cc1C(N)=O. The Labute approximate surface area is 116 Å². The highest BCUT2D eigenvalue weighted by Gasteiger charge is 2.22. The molecule has 1 unspecified atom stereocenters. The highest BCUT2D eigenvalue weighted by atomic mass is 32.2. The normalized spacial score (nSPS) is 12.2. The Hall–Kier alpha value is -1.57. The maximum atomic E-state index is 12.8. The molecule has 0 aliphatic rings. The minimum absolute atomic E-state index is 0.304. The Morgan fingerprint density at radius 1 is 1.42 bits per heavy atom. The smallest absolute Gasteiger partial charge is 0.251 e. The molecule has 7 heteroatoms. The summed E-state index contributed by atoms with van der Waals surface area (Å²) in [5.74, 6) is -0.969. The van der Waals surface area contributed by atoms with E-state index in [1.807, 2.05) is 0 Å². The highest BCUT2D eigenvalue weighted by molar-refractivity contribution is 7.93. The van der Waals surface area contributed by atoms with Gasteiger partial charge in [-0.1, -0.05) is 11.3 Å². The zero-order chi connectivity index (χ0) is 14.0. The van der Waals surface area contributed by atoms with Crippen LogP contribution in [0.2, 0.25) is 0 Å². The van der Waals surface area contributed by atoms with Crippen molar-refractivity contribution in [3.8, 4) is 0 Å². The van der Waals surface area contributed by atoms with Crippen LogP contribution < -0.4 is 11.1 Å². The summed E-state index contributed by atoms with van der Waals surface area (Å²) < 4.78 is 25.6. The van der Waals surface area contributed by atoms with Crippen LogP contribution in [-0.2, 0) is 11.2 Å². The number of hydrogen-bond donors (Lipinski definition) is 2. The zero-order valence-electron chi connectivity index (χ0n) is 9.98. The van der Waals surface area contributed by atoms with Crippen molar-refractivity contribution >= 4 is 33.4 Å². The average molecular weight is 298 g/mol. The van der Waals surface area contributed by atoms with Crippen LogP contribution in [0.5, 0.6) is 0 Å². The molecule has 0 bridgehead atoms. The van der Waals surface area contributed by atoms with E-state index in [0.717, 1.165) is 0 Å². The fraction of sp³-hybridized carbons (Fsp3) is 0.0833. The number of hydrogen-bond acceptors (Lipinski definition) is 4. The van der Waals surface area contributed by atoms with Gasteiger partial charge in [-0.15, -0.1) is 0 Å². The molecular weight excluding hydrogens is 287 g/mol. The zero-order valence-corrected chi connectivity index (χ0v) is 11.6. The van der Waals surface area contributed by atoms with Crippen LogP contribution >= 0.6 is 11.3 Å². The van der Waals surface area contributed by atoms with Gasteiger partial charge in [-0.3, -0.25) is 4.79 Å². The third kappa shape index (κ3) is 2.89. The molecule has 0 saturated carbocycles. The minimum Gasteiger partial charge on any atom is -0.606 e. The summed E-state index contributed by atoms with van der Waals surface area (Å²) in [7, 11) is 1.66. The summed E-state index contributed by atoms with van der Waals surface area (Å²) in [4.78, 5) is 11.7. The number of rotatable bonds is 4. The van der Waals surface area contributed by atoms with Crippen molar-refractivity contribution in [2.24, 2.45) is 5.73 Å². The van der Waals surface area contributed by atoms with Crippen LogP contribution in [0.25, 0.3) is 0 Å². The van der Waals surface area contributed by atoms with Crippen LogP contribution in [0.1, 0.15) is 10.4 Å². The third-order valence-corrected chi connectivity index (χ3v) is 5.25. The molecule has 0 radical (unpaired) electrons. The molecule has 0 saturated heterocycles. The molecule has 1 aromatic carbocycles. The van der Waals surface area contributed by atoms with Gasteiger partial charge in [0.2, 0.25) is 4.21 Å². The number of carbonyl (C=O) groups excluding carboxylic acids is 1. The van der Waals surface area contributed by atoms with E-state index in [1.54, 1.807) is 7.05 Å². The molecular formula is C12H11FN2O2S2. The van der Waals surface area contributed by atoms with Gasteiger partial charge in [0, 0.05) is 24.3 Å². The Balaban J connectivity index is 2.36. The Morgan fingerprint density at radius 2 is 2.05 bits per heavy atom. The first-order valence-corrected chi connectivity index (χ1v) is 7.28. The molecule has 1 aromatic heterocycles. The lowest BCUT2D eigenvalue weighted by Crippen LogP contribution is -2.11. The van der Waals surface area contributed by atoms with Gasteiger partial charge < -0.3 is 15.6 Å². The first kappa shape index (κ1) is 13.9. The van der Waals surface area contributed by atoms with Crippen molar-refractivity contribution in [3.05, 3.63) is 41.7 Å². The second-order valence-electron chi connectivity index (χ2n) is 3.65. The van der Waals surface area contributed by atoms with Gasteiger partial charge in [0.25, 0.3) is 5.91 Å². The van der Waals surface area contributed by atoms with E-state index in [9.17, 15) is 13.7 Å². The fourth-order valence-electron chi connectivity index (χ4n) is 1.50. The van der Waals surface area contributed by atoms with Gasteiger partial charge in [0.15, 0.2) is 4.90 Å². The molecule has 0 aliphatic carbocycles. The molecule has 0 aliphatic heterocycles. The molecule has 100 valence electrons. The molecule has 2 rings (SSSR count).